The monoisotopic (exact) mass is 329 g/mol. The Morgan fingerprint density at radius 1 is 1.39 bits per heavy atom. The van der Waals surface area contributed by atoms with Gasteiger partial charge in [0.05, 0.1) is 12.6 Å². The van der Waals surface area contributed by atoms with E-state index >= 15 is 0 Å². The Kier molecular flexibility index (Phi) is 6.98. The maximum absolute atomic E-state index is 12.7. The van der Waals surface area contributed by atoms with Crippen molar-refractivity contribution in [3.05, 3.63) is 0 Å². The normalized spacial score (nSPS) is 25.6. The molecule has 7 heteroatoms. The summed E-state index contributed by atoms with van der Waals surface area (Å²) < 4.78 is 10.6. The predicted octanol–water partition coefficient (Wildman–Crippen LogP) is 0.130. The van der Waals surface area contributed by atoms with E-state index in [2.05, 4.69) is 5.32 Å². The lowest BCUT2D eigenvalue weighted by atomic mass is 9.54. The number of carbonyl (C=O) groups excluding carboxylic acids is 2. The average molecular weight is 329 g/mol. The third-order valence-corrected chi connectivity index (χ3v) is 4.79. The molecule has 1 aliphatic carbocycles. The van der Waals surface area contributed by atoms with Crippen molar-refractivity contribution in [2.24, 2.45) is 11.1 Å². The van der Waals surface area contributed by atoms with Gasteiger partial charge in [-0.2, -0.15) is 0 Å². The lowest BCUT2D eigenvalue weighted by molar-refractivity contribution is -0.178. The zero-order chi connectivity index (χ0) is 17.7. The van der Waals surface area contributed by atoms with Crippen molar-refractivity contribution in [3.8, 4) is 0 Å². The number of carbonyl (C=O) groups is 2. The first kappa shape index (κ1) is 19.9. The Morgan fingerprint density at radius 2 is 2.04 bits per heavy atom. The summed E-state index contributed by atoms with van der Waals surface area (Å²) in [4.78, 5) is 25.9. The Labute approximate surface area is 138 Å². The molecule has 0 aromatic rings. The first-order valence-electron chi connectivity index (χ1n) is 8.12. The molecule has 2 atom stereocenters. The molecule has 1 rings (SSSR count). The Balaban J connectivity index is 2.52. The Bertz CT molecular complexity index is 428. The van der Waals surface area contributed by atoms with Crippen LogP contribution in [0.3, 0.4) is 0 Å². The molecule has 1 saturated carbocycles. The quantitative estimate of drug-likeness (QED) is 0.587. The van der Waals surface area contributed by atoms with Crippen molar-refractivity contribution in [2.75, 3.05) is 40.5 Å². The second-order valence-electron chi connectivity index (χ2n) is 6.70. The smallest absolute Gasteiger partial charge is 0.243 e. The van der Waals surface area contributed by atoms with E-state index in [0.29, 0.717) is 26.2 Å². The Morgan fingerprint density at radius 3 is 2.57 bits per heavy atom. The van der Waals surface area contributed by atoms with Crippen molar-refractivity contribution < 1.29 is 19.1 Å². The van der Waals surface area contributed by atoms with E-state index in [1.54, 1.807) is 14.2 Å². The fraction of sp³-hybridized carbons (Fsp3) is 0.875. The molecule has 134 valence electrons. The minimum Gasteiger partial charge on any atom is -0.385 e. The molecule has 23 heavy (non-hydrogen) atoms. The number of nitrogens with two attached hydrogens (primary N) is 1. The van der Waals surface area contributed by atoms with Gasteiger partial charge in [-0.05, 0) is 13.3 Å². The second kappa shape index (κ2) is 8.08. The van der Waals surface area contributed by atoms with E-state index in [1.807, 2.05) is 20.8 Å². The molecule has 0 radical (unpaired) electrons. The lowest BCUT2D eigenvalue weighted by Crippen LogP contribution is -2.76. The highest BCUT2D eigenvalue weighted by atomic mass is 16.5. The number of amides is 2. The van der Waals surface area contributed by atoms with Gasteiger partial charge in [0.2, 0.25) is 11.8 Å². The topological polar surface area (TPSA) is 93.9 Å². The highest BCUT2D eigenvalue weighted by Crippen LogP contribution is 2.50. The summed E-state index contributed by atoms with van der Waals surface area (Å²) >= 11 is 0. The van der Waals surface area contributed by atoms with Crippen molar-refractivity contribution in [1.82, 2.24) is 10.2 Å². The second-order valence-corrected chi connectivity index (χ2v) is 6.70. The summed E-state index contributed by atoms with van der Waals surface area (Å²) in [6.07, 6.45) is 1.19. The first-order chi connectivity index (χ1) is 10.7. The Hall–Kier alpha value is -1.18. The van der Waals surface area contributed by atoms with Crippen LogP contribution in [0.1, 0.15) is 33.6 Å². The molecule has 0 spiro atoms. The summed E-state index contributed by atoms with van der Waals surface area (Å²) in [6.45, 7) is 7.52. The van der Waals surface area contributed by atoms with Gasteiger partial charge in [0.1, 0.15) is 5.54 Å². The van der Waals surface area contributed by atoms with E-state index in [4.69, 9.17) is 15.2 Å². The largest absolute Gasteiger partial charge is 0.385 e. The fourth-order valence-electron chi connectivity index (χ4n) is 2.93. The molecule has 1 aliphatic rings. The summed E-state index contributed by atoms with van der Waals surface area (Å²) in [5, 5.41) is 2.76. The van der Waals surface area contributed by atoms with Crippen LogP contribution in [0.2, 0.25) is 0 Å². The van der Waals surface area contributed by atoms with Gasteiger partial charge in [-0.25, -0.2) is 0 Å². The summed E-state index contributed by atoms with van der Waals surface area (Å²) in [7, 11) is 3.22. The number of methoxy groups -OCH3 is 1. The average Bonchev–Trinajstić information content (AvgIpc) is 2.50. The zero-order valence-corrected chi connectivity index (χ0v) is 15.0. The number of hydrogen-bond donors (Lipinski definition) is 2. The lowest BCUT2D eigenvalue weighted by Gasteiger charge is -2.58. The molecule has 0 aromatic heterocycles. The van der Waals surface area contributed by atoms with E-state index in [0.717, 1.165) is 6.42 Å². The van der Waals surface area contributed by atoms with Crippen LogP contribution in [0.4, 0.5) is 0 Å². The molecule has 3 N–H and O–H groups in total. The number of nitrogens with one attached hydrogen (secondary N) is 1. The minimum atomic E-state index is -0.988. The van der Waals surface area contributed by atoms with E-state index in [9.17, 15) is 9.59 Å². The van der Waals surface area contributed by atoms with E-state index in [1.165, 1.54) is 4.90 Å². The molecule has 2 unspecified atom stereocenters. The fourth-order valence-corrected chi connectivity index (χ4v) is 2.93. The van der Waals surface area contributed by atoms with Crippen molar-refractivity contribution >= 4 is 11.8 Å². The summed E-state index contributed by atoms with van der Waals surface area (Å²) in [6, 6.07) is 0. The van der Waals surface area contributed by atoms with Crippen LogP contribution >= 0.6 is 0 Å². The molecular formula is C16H31N3O4. The van der Waals surface area contributed by atoms with Crippen LogP contribution in [-0.4, -0.2) is 68.8 Å². The molecule has 0 bridgehead atoms. The van der Waals surface area contributed by atoms with Gasteiger partial charge >= 0.3 is 0 Å². The van der Waals surface area contributed by atoms with Crippen LogP contribution in [0.25, 0.3) is 0 Å². The molecule has 2 amide bonds. The third kappa shape index (κ3) is 4.22. The molecule has 0 aromatic carbocycles. The van der Waals surface area contributed by atoms with Gasteiger partial charge in [-0.1, -0.05) is 13.8 Å². The van der Waals surface area contributed by atoms with E-state index in [-0.39, 0.29) is 24.5 Å². The molecule has 1 fully saturated rings. The predicted molar refractivity (Wildman–Crippen MR) is 87.9 cm³/mol. The van der Waals surface area contributed by atoms with Crippen LogP contribution < -0.4 is 11.1 Å². The van der Waals surface area contributed by atoms with Crippen LogP contribution in [-0.2, 0) is 19.1 Å². The van der Waals surface area contributed by atoms with Crippen molar-refractivity contribution in [2.45, 2.75) is 45.3 Å². The number of hydrogen-bond acceptors (Lipinski definition) is 5. The van der Waals surface area contributed by atoms with Crippen molar-refractivity contribution in [3.63, 3.8) is 0 Å². The number of nitrogens with zero attached hydrogens (tertiary/aromatic N) is 1. The van der Waals surface area contributed by atoms with Gasteiger partial charge in [0.15, 0.2) is 0 Å². The first-order valence-corrected chi connectivity index (χ1v) is 8.12. The van der Waals surface area contributed by atoms with Crippen LogP contribution in [0, 0.1) is 5.41 Å². The van der Waals surface area contributed by atoms with Crippen molar-refractivity contribution in [1.29, 1.82) is 0 Å². The maximum Gasteiger partial charge on any atom is 0.243 e. The van der Waals surface area contributed by atoms with Gasteiger partial charge in [-0.15, -0.1) is 0 Å². The summed E-state index contributed by atoms with van der Waals surface area (Å²) in [5.74, 6) is -0.412. The molecular weight excluding hydrogens is 298 g/mol. The highest BCUT2D eigenvalue weighted by molar-refractivity contribution is 5.92. The number of ether oxygens (including phenoxy) is 2. The van der Waals surface area contributed by atoms with Gasteiger partial charge < -0.3 is 25.4 Å². The molecule has 0 heterocycles. The van der Waals surface area contributed by atoms with Gasteiger partial charge in [0.25, 0.3) is 0 Å². The zero-order valence-electron chi connectivity index (χ0n) is 15.0. The third-order valence-electron chi connectivity index (χ3n) is 4.79. The molecule has 7 nitrogen and oxygen atoms in total. The van der Waals surface area contributed by atoms with E-state index < -0.39 is 11.0 Å². The SMILES string of the molecule is CCOC1CC(N)(C(=O)N(C)CC(=O)NCCCOC)C1(C)C. The molecule has 0 aliphatic heterocycles. The summed E-state index contributed by atoms with van der Waals surface area (Å²) in [5.41, 5.74) is 4.90. The number of rotatable bonds is 9. The number of likely N-dealkylation sites (N-methyl/N-ethyl adjacent to an activating group) is 1. The standard InChI is InChI=1S/C16H31N3O4/c1-6-23-12-10-16(17,15(12,2)3)14(21)19(4)11-13(20)18-8-7-9-22-5/h12H,6-11,17H2,1-5H3,(H,18,20). The van der Waals surface area contributed by atoms with Crippen LogP contribution in [0.5, 0.6) is 0 Å². The molecule has 0 saturated heterocycles. The van der Waals surface area contributed by atoms with Crippen LogP contribution in [0.15, 0.2) is 0 Å². The maximum atomic E-state index is 12.7. The highest BCUT2D eigenvalue weighted by Gasteiger charge is 2.63. The van der Waals surface area contributed by atoms with Gasteiger partial charge in [0, 0.05) is 45.8 Å². The van der Waals surface area contributed by atoms with Gasteiger partial charge in [-0.3, -0.25) is 9.59 Å². The minimum absolute atomic E-state index is 0.000146.